The molecule has 1 fully saturated rings. The van der Waals surface area contributed by atoms with Gasteiger partial charge in [-0.25, -0.2) is 0 Å². The molecule has 11 heavy (non-hydrogen) atoms. The molecule has 0 radical (unpaired) electrons. The van der Waals surface area contributed by atoms with Crippen LogP contribution in [0.5, 0.6) is 0 Å². The molecule has 1 aromatic heterocycles. The van der Waals surface area contributed by atoms with Gasteiger partial charge in [0.1, 0.15) is 0 Å². The van der Waals surface area contributed by atoms with Crippen LogP contribution >= 0.6 is 15.9 Å². The van der Waals surface area contributed by atoms with E-state index >= 15 is 0 Å². The summed E-state index contributed by atoms with van der Waals surface area (Å²) in [6.07, 6.45) is 3.49. The molecule has 1 saturated heterocycles. The highest BCUT2D eigenvalue weighted by Crippen LogP contribution is 2.06. The SMILES string of the molecule is Brc1cnn(N=C2COC2)c1. The van der Waals surface area contributed by atoms with Gasteiger partial charge in [-0.05, 0) is 15.9 Å². The molecule has 58 valence electrons. The Morgan fingerprint density at radius 3 is 2.91 bits per heavy atom. The molecule has 0 atom stereocenters. The number of hydrogen-bond acceptors (Lipinski definition) is 3. The van der Waals surface area contributed by atoms with E-state index in [4.69, 9.17) is 4.74 Å². The molecule has 0 amide bonds. The van der Waals surface area contributed by atoms with Crippen LogP contribution < -0.4 is 0 Å². The van der Waals surface area contributed by atoms with Crippen molar-refractivity contribution in [2.45, 2.75) is 0 Å². The number of halogens is 1. The molecule has 0 unspecified atom stereocenters. The van der Waals surface area contributed by atoms with E-state index in [1.807, 2.05) is 0 Å². The van der Waals surface area contributed by atoms with Crippen molar-refractivity contribution in [3.63, 3.8) is 0 Å². The molecule has 0 bridgehead atoms. The highest BCUT2D eigenvalue weighted by Gasteiger charge is 2.10. The average Bonchev–Trinajstić information content (AvgIpc) is 2.27. The van der Waals surface area contributed by atoms with Crippen molar-refractivity contribution in [2.75, 3.05) is 13.2 Å². The zero-order valence-corrected chi connectivity index (χ0v) is 7.28. The fourth-order valence-electron chi connectivity index (χ4n) is 0.742. The molecule has 1 aliphatic rings. The molecule has 0 aliphatic carbocycles. The predicted molar refractivity (Wildman–Crippen MR) is 43.6 cm³/mol. The highest BCUT2D eigenvalue weighted by molar-refractivity contribution is 9.10. The molecule has 2 heterocycles. The Bertz CT molecular complexity index is 288. The van der Waals surface area contributed by atoms with Crippen molar-refractivity contribution in [3.8, 4) is 0 Å². The van der Waals surface area contributed by atoms with Gasteiger partial charge in [0, 0.05) is 0 Å². The van der Waals surface area contributed by atoms with E-state index in [1.54, 1.807) is 12.4 Å². The summed E-state index contributed by atoms with van der Waals surface area (Å²) in [6.45, 7) is 1.27. The Morgan fingerprint density at radius 2 is 2.45 bits per heavy atom. The molecule has 2 rings (SSSR count). The van der Waals surface area contributed by atoms with Gasteiger partial charge >= 0.3 is 0 Å². The topological polar surface area (TPSA) is 39.4 Å². The van der Waals surface area contributed by atoms with Crippen molar-refractivity contribution >= 4 is 21.6 Å². The molecule has 5 heteroatoms. The predicted octanol–water partition coefficient (Wildman–Crippen LogP) is 0.880. The Kier molecular flexibility index (Phi) is 1.75. The number of hydrogen-bond donors (Lipinski definition) is 0. The second-order valence-corrected chi connectivity index (χ2v) is 3.15. The Morgan fingerprint density at radius 1 is 1.64 bits per heavy atom. The van der Waals surface area contributed by atoms with E-state index in [9.17, 15) is 0 Å². The van der Waals surface area contributed by atoms with Crippen molar-refractivity contribution in [1.29, 1.82) is 0 Å². The third-order valence-corrected chi connectivity index (χ3v) is 1.73. The highest BCUT2D eigenvalue weighted by atomic mass is 79.9. The van der Waals surface area contributed by atoms with Crippen molar-refractivity contribution < 1.29 is 4.74 Å². The minimum Gasteiger partial charge on any atom is -0.369 e. The van der Waals surface area contributed by atoms with Crippen molar-refractivity contribution in [2.24, 2.45) is 5.10 Å². The van der Waals surface area contributed by atoms with E-state index in [0.717, 1.165) is 10.2 Å². The van der Waals surface area contributed by atoms with Crippen molar-refractivity contribution in [1.82, 2.24) is 9.89 Å². The van der Waals surface area contributed by atoms with Crippen LogP contribution in [0.4, 0.5) is 0 Å². The maximum Gasteiger partial charge on any atom is 0.0919 e. The molecule has 0 aromatic carbocycles. The lowest BCUT2D eigenvalue weighted by Gasteiger charge is -2.14. The molecule has 0 spiro atoms. The fourth-order valence-corrected chi connectivity index (χ4v) is 1.02. The number of nitrogens with zero attached hydrogens (tertiary/aromatic N) is 3. The quantitative estimate of drug-likeness (QED) is 0.698. The maximum absolute atomic E-state index is 4.93. The summed E-state index contributed by atoms with van der Waals surface area (Å²) in [5, 5.41) is 8.12. The lowest BCUT2D eigenvalue weighted by Crippen LogP contribution is -2.28. The van der Waals surface area contributed by atoms with E-state index in [0.29, 0.717) is 13.2 Å². The van der Waals surface area contributed by atoms with Gasteiger partial charge in [0.15, 0.2) is 0 Å². The van der Waals surface area contributed by atoms with Gasteiger partial charge < -0.3 is 4.74 Å². The molecular formula is C6H6BrN3O. The minimum atomic E-state index is 0.636. The molecule has 0 saturated carbocycles. The van der Waals surface area contributed by atoms with Gasteiger partial charge in [-0.2, -0.15) is 15.0 Å². The lowest BCUT2D eigenvalue weighted by molar-refractivity contribution is 0.158. The van der Waals surface area contributed by atoms with Crippen LogP contribution in [0.3, 0.4) is 0 Å². The van der Waals surface area contributed by atoms with Crippen LogP contribution in [0.2, 0.25) is 0 Å². The van der Waals surface area contributed by atoms with Crippen LogP contribution in [0.15, 0.2) is 22.0 Å². The van der Waals surface area contributed by atoms with Crippen LogP contribution in [-0.2, 0) is 4.74 Å². The van der Waals surface area contributed by atoms with Gasteiger partial charge in [-0.1, -0.05) is 0 Å². The van der Waals surface area contributed by atoms with E-state index in [-0.39, 0.29) is 0 Å². The zero-order chi connectivity index (χ0) is 7.68. The summed E-state index contributed by atoms with van der Waals surface area (Å²) < 4.78 is 5.86. The number of aromatic nitrogens is 2. The third kappa shape index (κ3) is 1.49. The van der Waals surface area contributed by atoms with E-state index in [2.05, 4.69) is 26.1 Å². The van der Waals surface area contributed by atoms with Crippen LogP contribution in [0.25, 0.3) is 0 Å². The van der Waals surface area contributed by atoms with Crippen molar-refractivity contribution in [3.05, 3.63) is 16.9 Å². The number of ether oxygens (including phenoxy) is 1. The van der Waals surface area contributed by atoms with Crippen LogP contribution in [0.1, 0.15) is 0 Å². The standard InChI is InChI=1S/C6H6BrN3O/c7-5-1-8-10(2-5)9-6-3-11-4-6/h1-2H,3-4H2. The first-order valence-electron chi connectivity index (χ1n) is 3.19. The Balaban J connectivity index is 2.17. The minimum absolute atomic E-state index is 0.636. The molecule has 1 aliphatic heterocycles. The monoisotopic (exact) mass is 215 g/mol. The van der Waals surface area contributed by atoms with Gasteiger partial charge in [0.2, 0.25) is 0 Å². The fraction of sp³-hybridized carbons (Fsp3) is 0.333. The van der Waals surface area contributed by atoms with Crippen LogP contribution in [-0.4, -0.2) is 28.8 Å². The smallest absolute Gasteiger partial charge is 0.0919 e. The lowest BCUT2D eigenvalue weighted by atomic mass is 10.3. The van der Waals surface area contributed by atoms with Gasteiger partial charge in [0.05, 0.1) is 35.8 Å². The zero-order valence-electron chi connectivity index (χ0n) is 5.70. The largest absolute Gasteiger partial charge is 0.369 e. The maximum atomic E-state index is 4.93. The summed E-state index contributed by atoms with van der Waals surface area (Å²) in [5.74, 6) is 0. The first-order valence-corrected chi connectivity index (χ1v) is 3.98. The second kappa shape index (κ2) is 2.75. The van der Waals surface area contributed by atoms with Gasteiger partial charge in [-0.15, -0.1) is 0 Å². The molecule has 0 N–H and O–H groups in total. The summed E-state index contributed by atoms with van der Waals surface area (Å²) in [5.41, 5.74) is 1.03. The number of rotatable bonds is 1. The molecule has 4 nitrogen and oxygen atoms in total. The molecular weight excluding hydrogens is 210 g/mol. The van der Waals surface area contributed by atoms with Gasteiger partial charge in [-0.3, -0.25) is 0 Å². The Labute approximate surface area is 72.0 Å². The summed E-state index contributed by atoms with van der Waals surface area (Å²) >= 11 is 3.28. The van der Waals surface area contributed by atoms with E-state index < -0.39 is 0 Å². The van der Waals surface area contributed by atoms with Gasteiger partial charge in [0.25, 0.3) is 0 Å². The normalized spacial score (nSPS) is 16.3. The second-order valence-electron chi connectivity index (χ2n) is 2.24. The summed E-state index contributed by atoms with van der Waals surface area (Å²) in [6, 6.07) is 0. The summed E-state index contributed by atoms with van der Waals surface area (Å²) in [4.78, 5) is 1.53. The summed E-state index contributed by atoms with van der Waals surface area (Å²) in [7, 11) is 0. The van der Waals surface area contributed by atoms with Crippen LogP contribution in [0, 0.1) is 0 Å². The Hall–Kier alpha value is -0.680. The first-order chi connectivity index (χ1) is 5.34. The average molecular weight is 216 g/mol. The molecule has 1 aromatic rings. The third-order valence-electron chi connectivity index (χ3n) is 1.32. The van der Waals surface area contributed by atoms with E-state index in [1.165, 1.54) is 4.79 Å². The first kappa shape index (κ1) is 7.00.